The topological polar surface area (TPSA) is 12.0 Å². The number of hydrogen-bond acceptors (Lipinski definition) is 1. The predicted molar refractivity (Wildman–Crippen MR) is 80.4 cm³/mol. The van der Waals surface area contributed by atoms with Crippen molar-refractivity contribution in [3.8, 4) is 0 Å². The molecule has 98 valence electrons. The van der Waals surface area contributed by atoms with Gasteiger partial charge in [-0.15, -0.1) is 0 Å². The van der Waals surface area contributed by atoms with Crippen LogP contribution < -0.4 is 5.32 Å². The van der Waals surface area contributed by atoms with Crippen molar-refractivity contribution in [2.75, 3.05) is 5.32 Å². The summed E-state index contributed by atoms with van der Waals surface area (Å²) >= 11 is 0. The fourth-order valence-electron chi connectivity index (χ4n) is 2.99. The molecule has 20 heavy (non-hydrogen) atoms. The summed E-state index contributed by atoms with van der Waals surface area (Å²) in [5.74, 6) is -0.137. The lowest BCUT2D eigenvalue weighted by atomic mass is 10.0. The van der Waals surface area contributed by atoms with Gasteiger partial charge in [-0.3, -0.25) is 0 Å². The predicted octanol–water partition coefficient (Wildman–Crippen LogP) is 4.69. The van der Waals surface area contributed by atoms with Crippen LogP contribution in [0.4, 0.5) is 10.1 Å². The highest BCUT2D eigenvalue weighted by Crippen LogP contribution is 2.37. The molecule has 1 aliphatic heterocycles. The zero-order valence-corrected chi connectivity index (χ0v) is 10.9. The van der Waals surface area contributed by atoms with Gasteiger partial charge in [0.05, 0.1) is 6.04 Å². The summed E-state index contributed by atoms with van der Waals surface area (Å²) in [5, 5.41) is 5.90. The van der Waals surface area contributed by atoms with Gasteiger partial charge in [0.2, 0.25) is 0 Å². The molecule has 1 N–H and O–H groups in total. The van der Waals surface area contributed by atoms with Crippen LogP contribution in [0.3, 0.4) is 0 Å². The SMILES string of the molecule is Fc1ccccc1C1Cc2cc3ccccc3cc2N1. The van der Waals surface area contributed by atoms with Crippen LogP contribution in [-0.2, 0) is 6.42 Å². The molecule has 0 amide bonds. The molecular formula is C18H14FN. The van der Waals surface area contributed by atoms with E-state index in [2.05, 4.69) is 29.6 Å². The van der Waals surface area contributed by atoms with Gasteiger partial charge in [-0.1, -0.05) is 42.5 Å². The van der Waals surface area contributed by atoms with E-state index >= 15 is 0 Å². The summed E-state index contributed by atoms with van der Waals surface area (Å²) in [4.78, 5) is 0. The van der Waals surface area contributed by atoms with Gasteiger partial charge < -0.3 is 5.32 Å². The molecular weight excluding hydrogens is 249 g/mol. The Morgan fingerprint density at radius 2 is 1.60 bits per heavy atom. The van der Waals surface area contributed by atoms with E-state index in [0.717, 1.165) is 17.7 Å². The summed E-state index contributed by atoms with van der Waals surface area (Å²) in [6.45, 7) is 0. The minimum atomic E-state index is -0.137. The van der Waals surface area contributed by atoms with Crippen molar-refractivity contribution in [1.82, 2.24) is 0 Å². The summed E-state index contributed by atoms with van der Waals surface area (Å²) in [7, 11) is 0. The summed E-state index contributed by atoms with van der Waals surface area (Å²) in [6, 6.07) is 19.7. The van der Waals surface area contributed by atoms with Crippen LogP contribution in [0.2, 0.25) is 0 Å². The van der Waals surface area contributed by atoms with E-state index in [9.17, 15) is 4.39 Å². The third-order valence-corrected chi connectivity index (χ3v) is 4.01. The van der Waals surface area contributed by atoms with Gasteiger partial charge in [0.25, 0.3) is 0 Å². The average molecular weight is 263 g/mol. The van der Waals surface area contributed by atoms with E-state index in [1.165, 1.54) is 22.4 Å². The first kappa shape index (κ1) is 11.5. The van der Waals surface area contributed by atoms with Crippen LogP contribution >= 0.6 is 0 Å². The molecule has 0 saturated heterocycles. The summed E-state index contributed by atoms with van der Waals surface area (Å²) in [5.41, 5.74) is 3.13. The van der Waals surface area contributed by atoms with Gasteiger partial charge in [-0.25, -0.2) is 4.39 Å². The monoisotopic (exact) mass is 263 g/mol. The van der Waals surface area contributed by atoms with Gasteiger partial charge in [0.15, 0.2) is 0 Å². The smallest absolute Gasteiger partial charge is 0.128 e. The maximum absolute atomic E-state index is 13.9. The molecule has 0 fully saturated rings. The minimum Gasteiger partial charge on any atom is -0.378 e. The Morgan fingerprint density at radius 3 is 2.40 bits per heavy atom. The second kappa shape index (κ2) is 4.34. The zero-order chi connectivity index (χ0) is 13.5. The minimum absolute atomic E-state index is 0.0306. The number of rotatable bonds is 1. The highest BCUT2D eigenvalue weighted by atomic mass is 19.1. The Balaban J connectivity index is 1.77. The molecule has 1 nitrogen and oxygen atoms in total. The average Bonchev–Trinajstić information content (AvgIpc) is 2.87. The molecule has 0 aliphatic carbocycles. The number of anilines is 1. The second-order valence-electron chi connectivity index (χ2n) is 5.28. The molecule has 1 unspecified atom stereocenters. The maximum Gasteiger partial charge on any atom is 0.128 e. The standard InChI is InChI=1S/C18H14FN/c19-16-8-4-3-7-15(16)18-11-14-9-12-5-1-2-6-13(12)10-17(14)20-18/h1-10,18,20H,11H2. The van der Waals surface area contributed by atoms with Gasteiger partial charge in [0.1, 0.15) is 5.82 Å². The highest BCUT2D eigenvalue weighted by Gasteiger charge is 2.24. The molecule has 1 aliphatic rings. The lowest BCUT2D eigenvalue weighted by molar-refractivity contribution is 0.595. The number of nitrogens with one attached hydrogen (secondary N) is 1. The van der Waals surface area contributed by atoms with Crippen LogP contribution in [0.5, 0.6) is 0 Å². The molecule has 0 spiro atoms. The first-order chi connectivity index (χ1) is 9.81. The van der Waals surface area contributed by atoms with Crippen LogP contribution in [0.15, 0.2) is 60.7 Å². The Bertz CT molecular complexity index is 750. The van der Waals surface area contributed by atoms with Crippen molar-refractivity contribution in [2.45, 2.75) is 12.5 Å². The quantitative estimate of drug-likeness (QED) is 0.671. The van der Waals surface area contributed by atoms with E-state index in [0.29, 0.717) is 0 Å². The maximum atomic E-state index is 13.9. The first-order valence-electron chi connectivity index (χ1n) is 6.84. The molecule has 0 bridgehead atoms. The number of benzene rings is 3. The molecule has 0 aromatic heterocycles. The third-order valence-electron chi connectivity index (χ3n) is 4.01. The Hall–Kier alpha value is -2.35. The number of hydrogen-bond donors (Lipinski definition) is 1. The fourth-order valence-corrected chi connectivity index (χ4v) is 2.99. The fraction of sp³-hybridized carbons (Fsp3) is 0.111. The van der Waals surface area contributed by atoms with Crippen LogP contribution in [0.25, 0.3) is 10.8 Å². The van der Waals surface area contributed by atoms with E-state index in [-0.39, 0.29) is 11.9 Å². The molecule has 2 heteroatoms. The molecule has 0 saturated carbocycles. The normalized spacial score (nSPS) is 16.9. The van der Waals surface area contributed by atoms with Crippen molar-refractivity contribution in [2.24, 2.45) is 0 Å². The van der Waals surface area contributed by atoms with Crippen LogP contribution in [0.1, 0.15) is 17.2 Å². The van der Waals surface area contributed by atoms with Gasteiger partial charge in [-0.2, -0.15) is 0 Å². The van der Waals surface area contributed by atoms with Crippen molar-refractivity contribution in [3.05, 3.63) is 77.6 Å². The van der Waals surface area contributed by atoms with Crippen molar-refractivity contribution >= 4 is 16.5 Å². The molecule has 3 aromatic rings. The molecule has 3 aromatic carbocycles. The van der Waals surface area contributed by atoms with Crippen LogP contribution in [0, 0.1) is 5.82 Å². The van der Waals surface area contributed by atoms with Gasteiger partial charge in [0, 0.05) is 11.3 Å². The first-order valence-corrected chi connectivity index (χ1v) is 6.84. The van der Waals surface area contributed by atoms with E-state index < -0.39 is 0 Å². The largest absolute Gasteiger partial charge is 0.378 e. The molecule has 4 rings (SSSR count). The van der Waals surface area contributed by atoms with E-state index in [1.54, 1.807) is 6.07 Å². The van der Waals surface area contributed by atoms with E-state index in [4.69, 9.17) is 0 Å². The summed E-state index contributed by atoms with van der Waals surface area (Å²) in [6.07, 6.45) is 0.834. The zero-order valence-electron chi connectivity index (χ0n) is 10.9. The number of halogens is 1. The third kappa shape index (κ3) is 1.76. The lowest BCUT2D eigenvalue weighted by Gasteiger charge is -2.12. The highest BCUT2D eigenvalue weighted by molar-refractivity contribution is 5.88. The van der Waals surface area contributed by atoms with Crippen molar-refractivity contribution in [3.63, 3.8) is 0 Å². The van der Waals surface area contributed by atoms with E-state index in [1.807, 2.05) is 24.3 Å². The van der Waals surface area contributed by atoms with Crippen molar-refractivity contribution in [1.29, 1.82) is 0 Å². The van der Waals surface area contributed by atoms with Gasteiger partial charge in [-0.05, 0) is 41.0 Å². The summed E-state index contributed by atoms with van der Waals surface area (Å²) < 4.78 is 13.9. The van der Waals surface area contributed by atoms with Crippen molar-refractivity contribution < 1.29 is 4.39 Å². The molecule has 1 atom stereocenters. The lowest BCUT2D eigenvalue weighted by Crippen LogP contribution is -2.07. The Labute approximate surface area is 117 Å². The molecule has 1 heterocycles. The van der Waals surface area contributed by atoms with Crippen LogP contribution in [-0.4, -0.2) is 0 Å². The number of fused-ring (bicyclic) bond motifs is 2. The Morgan fingerprint density at radius 1 is 0.900 bits per heavy atom. The molecule has 0 radical (unpaired) electrons. The Kier molecular flexibility index (Phi) is 2.49. The second-order valence-corrected chi connectivity index (χ2v) is 5.28. The van der Waals surface area contributed by atoms with Gasteiger partial charge >= 0.3 is 0 Å².